The second-order valence-corrected chi connectivity index (χ2v) is 6.50. The van der Waals surface area contributed by atoms with Crippen LogP contribution in [-0.2, 0) is 4.74 Å². The van der Waals surface area contributed by atoms with Crippen LogP contribution in [0.1, 0.15) is 11.1 Å². The molecule has 0 unspecified atom stereocenters. The molecule has 2 aromatic rings. The molecule has 0 bridgehead atoms. The van der Waals surface area contributed by atoms with Crippen molar-refractivity contribution in [3.63, 3.8) is 0 Å². The van der Waals surface area contributed by atoms with Gasteiger partial charge in [0, 0.05) is 6.07 Å². The number of phenolic OH excluding ortho intramolecular Hbond substituents is 2. The molecule has 1 heterocycles. The Hall–Kier alpha value is -2.62. The monoisotopic (exact) mass is 390 g/mol. The van der Waals surface area contributed by atoms with Crippen molar-refractivity contribution in [2.24, 2.45) is 0 Å². The van der Waals surface area contributed by atoms with Gasteiger partial charge in [-0.3, -0.25) is 0 Å². The summed E-state index contributed by atoms with van der Waals surface area (Å²) in [5.74, 6) is 0.280. The Morgan fingerprint density at radius 3 is 2.04 bits per heavy atom. The number of benzene rings is 2. The van der Waals surface area contributed by atoms with Crippen molar-refractivity contribution in [2.75, 3.05) is 6.61 Å². The van der Waals surface area contributed by atoms with Crippen LogP contribution in [0.2, 0.25) is 0 Å². The number of rotatable bonds is 5. The van der Waals surface area contributed by atoms with Gasteiger partial charge in [-0.1, -0.05) is 24.3 Å². The van der Waals surface area contributed by atoms with E-state index in [2.05, 4.69) is 0 Å². The molecule has 0 aliphatic carbocycles. The van der Waals surface area contributed by atoms with Gasteiger partial charge in [0.25, 0.3) is 0 Å². The van der Waals surface area contributed by atoms with Gasteiger partial charge in [0.1, 0.15) is 41.7 Å². The largest absolute Gasteiger partial charge is 0.508 e. The summed E-state index contributed by atoms with van der Waals surface area (Å²) in [5, 5.41) is 57.7. The standard InChI is InChI=1S/C20H22O8/c21-10-16-17(24)18(25)19(26)20(28-16)27-15-5-3-11(4-6-15)1-2-12-7-13(22)9-14(23)8-12/h1-9,16-26H,10H2/b2-1+/t16-,17-,18+,19-,20-/m0/s1. The molecule has 8 nitrogen and oxygen atoms in total. The van der Waals surface area contributed by atoms with E-state index in [0.717, 1.165) is 5.56 Å². The van der Waals surface area contributed by atoms with Gasteiger partial charge in [-0.05, 0) is 35.4 Å². The van der Waals surface area contributed by atoms with Gasteiger partial charge in [0.2, 0.25) is 6.29 Å². The molecule has 8 heteroatoms. The zero-order valence-electron chi connectivity index (χ0n) is 14.8. The van der Waals surface area contributed by atoms with Crippen LogP contribution in [0.4, 0.5) is 0 Å². The molecule has 0 aromatic heterocycles. The molecule has 0 saturated carbocycles. The maximum Gasteiger partial charge on any atom is 0.229 e. The quantitative estimate of drug-likeness (QED) is 0.405. The lowest BCUT2D eigenvalue weighted by Crippen LogP contribution is -2.60. The molecular formula is C20H22O8. The van der Waals surface area contributed by atoms with Crippen LogP contribution < -0.4 is 4.74 Å². The minimum Gasteiger partial charge on any atom is -0.508 e. The molecule has 1 fully saturated rings. The van der Waals surface area contributed by atoms with Crippen LogP contribution in [0.3, 0.4) is 0 Å². The van der Waals surface area contributed by atoms with E-state index in [0.29, 0.717) is 11.3 Å². The van der Waals surface area contributed by atoms with E-state index in [1.54, 1.807) is 36.4 Å². The first-order valence-corrected chi connectivity index (χ1v) is 8.65. The number of hydrogen-bond acceptors (Lipinski definition) is 8. The van der Waals surface area contributed by atoms with Gasteiger partial charge in [0.05, 0.1) is 6.61 Å². The van der Waals surface area contributed by atoms with E-state index < -0.39 is 37.3 Å². The van der Waals surface area contributed by atoms with Crippen LogP contribution in [0.15, 0.2) is 42.5 Å². The molecule has 3 rings (SSSR count). The summed E-state index contributed by atoms with van der Waals surface area (Å²) in [6.45, 7) is -0.529. The third-order valence-electron chi connectivity index (χ3n) is 4.37. The summed E-state index contributed by atoms with van der Waals surface area (Å²) in [6.07, 6.45) is -3.22. The fourth-order valence-electron chi connectivity index (χ4n) is 2.86. The minimum atomic E-state index is -1.50. The van der Waals surface area contributed by atoms with Crippen LogP contribution in [0.25, 0.3) is 12.2 Å². The van der Waals surface area contributed by atoms with Gasteiger partial charge < -0.3 is 40.1 Å². The third-order valence-corrected chi connectivity index (χ3v) is 4.37. The highest BCUT2D eigenvalue weighted by Crippen LogP contribution is 2.25. The molecule has 150 valence electrons. The first-order valence-electron chi connectivity index (χ1n) is 8.65. The molecule has 0 spiro atoms. The zero-order chi connectivity index (χ0) is 20.3. The number of phenols is 2. The molecule has 1 aliphatic heterocycles. The van der Waals surface area contributed by atoms with E-state index in [4.69, 9.17) is 9.47 Å². The first kappa shape index (κ1) is 20.1. The Morgan fingerprint density at radius 2 is 1.43 bits per heavy atom. The van der Waals surface area contributed by atoms with Crippen LogP contribution >= 0.6 is 0 Å². The van der Waals surface area contributed by atoms with Crippen LogP contribution in [-0.4, -0.2) is 68.0 Å². The highest BCUT2D eigenvalue weighted by atomic mass is 16.7. The highest BCUT2D eigenvalue weighted by molar-refractivity contribution is 5.71. The molecule has 6 N–H and O–H groups in total. The highest BCUT2D eigenvalue weighted by Gasteiger charge is 2.44. The second kappa shape index (κ2) is 8.59. The Balaban J connectivity index is 1.66. The molecule has 0 amide bonds. The lowest BCUT2D eigenvalue weighted by Gasteiger charge is -2.39. The van der Waals surface area contributed by atoms with Gasteiger partial charge >= 0.3 is 0 Å². The number of aliphatic hydroxyl groups is 4. The fourth-order valence-corrected chi connectivity index (χ4v) is 2.86. The van der Waals surface area contributed by atoms with Crippen molar-refractivity contribution in [1.29, 1.82) is 0 Å². The third kappa shape index (κ3) is 4.61. The SMILES string of the molecule is OC[C@@H]1O[C@H](Oc2ccc(/C=C/c3cc(O)cc(O)c3)cc2)[C@@H](O)[C@H](O)[C@H]1O. The van der Waals surface area contributed by atoms with E-state index in [1.165, 1.54) is 18.2 Å². The number of hydrogen-bond donors (Lipinski definition) is 6. The minimum absolute atomic E-state index is 0.0390. The van der Waals surface area contributed by atoms with E-state index in [1.807, 2.05) is 0 Å². The van der Waals surface area contributed by atoms with Crippen molar-refractivity contribution < 1.29 is 40.1 Å². The Labute approximate surface area is 161 Å². The Kier molecular flexibility index (Phi) is 6.18. The van der Waals surface area contributed by atoms with Crippen molar-refractivity contribution in [3.8, 4) is 17.2 Å². The Bertz CT molecular complexity index is 797. The normalized spacial score (nSPS) is 27.8. The number of ether oxygens (including phenoxy) is 2. The Morgan fingerprint density at radius 1 is 0.821 bits per heavy atom. The zero-order valence-corrected chi connectivity index (χ0v) is 14.8. The fraction of sp³-hybridized carbons (Fsp3) is 0.300. The van der Waals surface area contributed by atoms with E-state index in [9.17, 15) is 30.6 Å². The van der Waals surface area contributed by atoms with Crippen molar-refractivity contribution in [3.05, 3.63) is 53.6 Å². The summed E-state index contributed by atoms with van der Waals surface area (Å²) < 4.78 is 10.8. The maximum absolute atomic E-state index is 10.00. The lowest BCUT2D eigenvalue weighted by atomic mass is 9.99. The van der Waals surface area contributed by atoms with Gasteiger partial charge in [0.15, 0.2) is 0 Å². The molecule has 1 aliphatic rings. The van der Waals surface area contributed by atoms with E-state index in [-0.39, 0.29) is 11.5 Å². The average Bonchev–Trinajstić information content (AvgIpc) is 2.67. The average molecular weight is 390 g/mol. The predicted molar refractivity (Wildman–Crippen MR) is 99.5 cm³/mol. The smallest absolute Gasteiger partial charge is 0.229 e. The van der Waals surface area contributed by atoms with E-state index >= 15 is 0 Å². The predicted octanol–water partition coefficient (Wildman–Crippen LogP) is 0.447. The lowest BCUT2D eigenvalue weighted by molar-refractivity contribution is -0.277. The number of aliphatic hydroxyl groups excluding tert-OH is 4. The molecule has 28 heavy (non-hydrogen) atoms. The summed E-state index contributed by atoms with van der Waals surface area (Å²) >= 11 is 0. The van der Waals surface area contributed by atoms with Gasteiger partial charge in [-0.15, -0.1) is 0 Å². The summed E-state index contributed by atoms with van der Waals surface area (Å²) in [4.78, 5) is 0. The first-order chi connectivity index (χ1) is 13.4. The molecule has 5 atom stereocenters. The molecule has 0 radical (unpaired) electrons. The van der Waals surface area contributed by atoms with Crippen molar-refractivity contribution >= 4 is 12.2 Å². The molecule has 2 aromatic carbocycles. The maximum atomic E-state index is 10.00. The second-order valence-electron chi connectivity index (χ2n) is 6.50. The van der Waals surface area contributed by atoms with Crippen molar-refractivity contribution in [2.45, 2.75) is 30.7 Å². The number of aromatic hydroxyl groups is 2. The van der Waals surface area contributed by atoms with Crippen LogP contribution in [0.5, 0.6) is 17.2 Å². The van der Waals surface area contributed by atoms with Crippen molar-refractivity contribution in [1.82, 2.24) is 0 Å². The van der Waals surface area contributed by atoms with Gasteiger partial charge in [-0.2, -0.15) is 0 Å². The summed E-state index contributed by atoms with van der Waals surface area (Å²) in [6, 6.07) is 11.0. The van der Waals surface area contributed by atoms with Gasteiger partial charge in [-0.25, -0.2) is 0 Å². The summed E-state index contributed by atoms with van der Waals surface area (Å²) in [7, 11) is 0. The molecular weight excluding hydrogens is 368 g/mol. The van der Waals surface area contributed by atoms with Crippen LogP contribution in [0, 0.1) is 0 Å². The topological polar surface area (TPSA) is 140 Å². The summed E-state index contributed by atoms with van der Waals surface area (Å²) in [5.41, 5.74) is 1.43. The molecule has 1 saturated heterocycles.